The first-order chi connectivity index (χ1) is 11.6. The topological polar surface area (TPSA) is 97.6 Å². The van der Waals surface area contributed by atoms with Crippen molar-refractivity contribution in [2.75, 3.05) is 20.2 Å². The predicted octanol–water partition coefficient (Wildman–Crippen LogP) is 1.00. The predicted molar refractivity (Wildman–Crippen MR) is 83.8 cm³/mol. The molecule has 24 heavy (non-hydrogen) atoms. The molecule has 1 amide bonds. The van der Waals surface area contributed by atoms with E-state index in [0.717, 1.165) is 0 Å². The molecule has 1 saturated heterocycles. The molecule has 8 nitrogen and oxygen atoms in total. The van der Waals surface area contributed by atoms with Crippen LogP contribution in [0.5, 0.6) is 5.88 Å². The lowest BCUT2D eigenvalue weighted by Gasteiger charge is -2.38. The number of carboxylic acid groups (broad SMARTS) is 1. The van der Waals surface area contributed by atoms with Gasteiger partial charge in [-0.1, -0.05) is 0 Å². The number of likely N-dealkylation sites (tertiary alicyclic amines) is 1. The van der Waals surface area contributed by atoms with E-state index in [0.29, 0.717) is 37.4 Å². The minimum Gasteiger partial charge on any atom is -0.481 e. The molecule has 0 unspecified atom stereocenters. The summed E-state index contributed by atoms with van der Waals surface area (Å²) < 4.78 is 6.51. The van der Waals surface area contributed by atoms with Gasteiger partial charge >= 0.3 is 5.97 Å². The number of ether oxygens (including phenoxy) is 1. The van der Waals surface area contributed by atoms with Crippen molar-refractivity contribution in [2.24, 2.45) is 0 Å². The van der Waals surface area contributed by atoms with Crippen LogP contribution in [0.1, 0.15) is 23.2 Å². The lowest BCUT2D eigenvalue weighted by atomic mass is 9.87. The zero-order valence-corrected chi connectivity index (χ0v) is 13.3. The number of pyridine rings is 1. The normalized spacial score (nSPS) is 16.6. The van der Waals surface area contributed by atoms with Gasteiger partial charge in [-0.2, -0.15) is 5.10 Å². The van der Waals surface area contributed by atoms with Gasteiger partial charge in [0, 0.05) is 56.2 Å². The summed E-state index contributed by atoms with van der Waals surface area (Å²) in [5, 5.41) is 13.8. The van der Waals surface area contributed by atoms with Crippen LogP contribution in [0.15, 0.2) is 36.8 Å². The highest BCUT2D eigenvalue weighted by Crippen LogP contribution is 2.30. The van der Waals surface area contributed by atoms with Crippen molar-refractivity contribution in [3.05, 3.63) is 42.4 Å². The third-order valence-corrected chi connectivity index (χ3v) is 4.41. The third-order valence-electron chi connectivity index (χ3n) is 4.41. The lowest BCUT2D eigenvalue weighted by molar-refractivity contribution is -0.150. The molecule has 0 bridgehead atoms. The average Bonchev–Trinajstić information content (AvgIpc) is 3.16. The molecule has 2 aromatic rings. The summed E-state index contributed by atoms with van der Waals surface area (Å²) in [7, 11) is 1.49. The van der Waals surface area contributed by atoms with E-state index in [1.807, 2.05) is 0 Å². The molecular formula is C16H18N4O4. The standard InChI is InChI=1S/C16H18N4O4/c1-24-13-11-12(3-7-17-13)14(21)19-9-4-16(5-10-19,15(22)23)20-8-2-6-18-20/h2-3,6-8,11H,4-5,9-10H2,1H3,(H,22,23). The number of amides is 1. The molecule has 0 spiro atoms. The second-order valence-electron chi connectivity index (χ2n) is 5.67. The highest BCUT2D eigenvalue weighted by Gasteiger charge is 2.44. The van der Waals surface area contributed by atoms with Gasteiger partial charge in [-0.25, -0.2) is 9.78 Å². The summed E-state index contributed by atoms with van der Waals surface area (Å²) >= 11 is 0. The van der Waals surface area contributed by atoms with Gasteiger partial charge in [-0.15, -0.1) is 0 Å². The fourth-order valence-electron chi connectivity index (χ4n) is 2.98. The Labute approximate surface area is 138 Å². The van der Waals surface area contributed by atoms with Crippen molar-refractivity contribution >= 4 is 11.9 Å². The van der Waals surface area contributed by atoms with Crippen LogP contribution >= 0.6 is 0 Å². The summed E-state index contributed by atoms with van der Waals surface area (Å²) in [6.07, 6.45) is 5.34. The zero-order valence-electron chi connectivity index (χ0n) is 13.3. The molecule has 0 atom stereocenters. The largest absolute Gasteiger partial charge is 0.481 e. The summed E-state index contributed by atoms with van der Waals surface area (Å²) in [6.45, 7) is 0.686. The van der Waals surface area contributed by atoms with Crippen molar-refractivity contribution in [1.29, 1.82) is 0 Å². The molecule has 3 heterocycles. The van der Waals surface area contributed by atoms with E-state index in [9.17, 15) is 14.7 Å². The number of carbonyl (C=O) groups is 2. The van der Waals surface area contributed by atoms with E-state index in [-0.39, 0.29) is 5.91 Å². The zero-order chi connectivity index (χ0) is 17.2. The fourth-order valence-corrected chi connectivity index (χ4v) is 2.98. The molecule has 0 aromatic carbocycles. The number of carbonyl (C=O) groups excluding carboxylic acids is 1. The van der Waals surface area contributed by atoms with Crippen molar-refractivity contribution < 1.29 is 19.4 Å². The van der Waals surface area contributed by atoms with Gasteiger partial charge in [0.25, 0.3) is 5.91 Å². The molecule has 0 saturated carbocycles. The Morgan fingerprint density at radius 2 is 2.04 bits per heavy atom. The van der Waals surface area contributed by atoms with E-state index in [2.05, 4.69) is 10.1 Å². The van der Waals surface area contributed by atoms with E-state index in [1.54, 1.807) is 35.5 Å². The van der Waals surface area contributed by atoms with Gasteiger partial charge in [0.05, 0.1) is 7.11 Å². The molecule has 1 fully saturated rings. The molecule has 1 N–H and O–H groups in total. The number of piperidine rings is 1. The molecule has 1 aliphatic heterocycles. The van der Waals surface area contributed by atoms with Crippen molar-refractivity contribution in [3.8, 4) is 5.88 Å². The van der Waals surface area contributed by atoms with Crippen molar-refractivity contribution in [2.45, 2.75) is 18.4 Å². The number of hydrogen-bond acceptors (Lipinski definition) is 5. The van der Waals surface area contributed by atoms with Crippen LogP contribution in [0.3, 0.4) is 0 Å². The van der Waals surface area contributed by atoms with Crippen LogP contribution in [0, 0.1) is 0 Å². The second kappa shape index (κ2) is 6.31. The van der Waals surface area contributed by atoms with Gasteiger partial charge in [0.2, 0.25) is 5.88 Å². The number of nitrogens with zero attached hydrogens (tertiary/aromatic N) is 4. The van der Waals surface area contributed by atoms with Crippen LogP contribution in [-0.2, 0) is 10.3 Å². The molecule has 126 valence electrons. The fraction of sp³-hybridized carbons (Fsp3) is 0.375. The summed E-state index contributed by atoms with van der Waals surface area (Å²) in [5.41, 5.74) is -0.625. The van der Waals surface area contributed by atoms with E-state index in [1.165, 1.54) is 18.0 Å². The Balaban J connectivity index is 1.76. The minimum atomic E-state index is -1.10. The number of hydrogen-bond donors (Lipinski definition) is 1. The van der Waals surface area contributed by atoms with Gasteiger partial charge in [0.15, 0.2) is 5.54 Å². The van der Waals surface area contributed by atoms with Gasteiger partial charge in [-0.05, 0) is 12.1 Å². The van der Waals surface area contributed by atoms with E-state index >= 15 is 0 Å². The maximum Gasteiger partial charge on any atom is 0.331 e. The number of methoxy groups -OCH3 is 1. The van der Waals surface area contributed by atoms with Crippen LogP contribution in [0.25, 0.3) is 0 Å². The Bertz CT molecular complexity index is 736. The number of rotatable bonds is 4. The maximum atomic E-state index is 12.6. The second-order valence-corrected chi connectivity index (χ2v) is 5.67. The van der Waals surface area contributed by atoms with E-state index < -0.39 is 11.5 Å². The highest BCUT2D eigenvalue weighted by molar-refractivity contribution is 5.94. The monoisotopic (exact) mass is 330 g/mol. The number of aromatic nitrogens is 3. The van der Waals surface area contributed by atoms with Crippen LogP contribution in [-0.4, -0.2) is 56.8 Å². The number of aliphatic carboxylic acids is 1. The smallest absolute Gasteiger partial charge is 0.331 e. The molecule has 0 radical (unpaired) electrons. The highest BCUT2D eigenvalue weighted by atomic mass is 16.5. The Morgan fingerprint density at radius 1 is 1.29 bits per heavy atom. The van der Waals surface area contributed by atoms with Gasteiger partial charge < -0.3 is 14.7 Å². The first-order valence-corrected chi connectivity index (χ1v) is 7.60. The Morgan fingerprint density at radius 3 is 2.62 bits per heavy atom. The van der Waals surface area contributed by atoms with Crippen LogP contribution < -0.4 is 4.74 Å². The van der Waals surface area contributed by atoms with Gasteiger partial charge in [0.1, 0.15) is 0 Å². The molecule has 8 heteroatoms. The lowest BCUT2D eigenvalue weighted by Crippen LogP contribution is -2.52. The van der Waals surface area contributed by atoms with Crippen LogP contribution in [0.2, 0.25) is 0 Å². The molecule has 2 aromatic heterocycles. The quantitative estimate of drug-likeness (QED) is 0.898. The van der Waals surface area contributed by atoms with Gasteiger partial charge in [-0.3, -0.25) is 9.48 Å². The molecular weight excluding hydrogens is 312 g/mol. The molecule has 1 aliphatic rings. The summed E-state index contributed by atoms with van der Waals surface area (Å²) in [5.74, 6) is -0.715. The number of carboxylic acids is 1. The molecule has 3 rings (SSSR count). The SMILES string of the molecule is COc1cc(C(=O)N2CCC(C(=O)O)(n3cccn3)CC2)ccn1. The third kappa shape index (κ3) is 2.70. The minimum absolute atomic E-state index is 0.157. The van der Waals surface area contributed by atoms with Crippen molar-refractivity contribution in [3.63, 3.8) is 0 Å². The van der Waals surface area contributed by atoms with E-state index in [4.69, 9.17) is 4.74 Å². The first-order valence-electron chi connectivity index (χ1n) is 7.60. The maximum absolute atomic E-state index is 12.6. The summed E-state index contributed by atoms with van der Waals surface area (Å²) in [6, 6.07) is 4.90. The Kier molecular flexibility index (Phi) is 4.20. The van der Waals surface area contributed by atoms with Crippen LogP contribution in [0.4, 0.5) is 0 Å². The summed E-state index contributed by atoms with van der Waals surface area (Å²) in [4.78, 5) is 30.1. The average molecular weight is 330 g/mol. The van der Waals surface area contributed by atoms with Crippen molar-refractivity contribution in [1.82, 2.24) is 19.7 Å². The first kappa shape index (κ1) is 16.0. The Hall–Kier alpha value is -2.90. The molecule has 0 aliphatic carbocycles.